The zero-order valence-corrected chi connectivity index (χ0v) is 10.7. The minimum Gasteiger partial charge on any atom is -0.374 e. The summed E-state index contributed by atoms with van der Waals surface area (Å²) in [6.45, 7) is 3.27. The van der Waals surface area contributed by atoms with Crippen LogP contribution in [0.2, 0.25) is 0 Å². The van der Waals surface area contributed by atoms with E-state index < -0.39 is 0 Å². The Morgan fingerprint density at radius 3 is 2.25 bits per heavy atom. The fourth-order valence-corrected chi connectivity index (χ4v) is 2.99. The lowest BCUT2D eigenvalue weighted by atomic mass is 9.96. The molecule has 1 saturated carbocycles. The van der Waals surface area contributed by atoms with Gasteiger partial charge in [0.15, 0.2) is 0 Å². The van der Waals surface area contributed by atoms with E-state index in [4.69, 9.17) is 4.74 Å². The second-order valence-electron chi connectivity index (χ2n) is 5.60. The van der Waals surface area contributed by atoms with Crippen molar-refractivity contribution >= 4 is 0 Å². The van der Waals surface area contributed by atoms with Gasteiger partial charge in [-0.2, -0.15) is 0 Å². The molecule has 94 valence electrons. The normalized spacial score (nSPS) is 33.6. The van der Waals surface area contributed by atoms with Gasteiger partial charge in [-0.25, -0.2) is 0 Å². The van der Waals surface area contributed by atoms with Gasteiger partial charge in [0.05, 0.1) is 12.2 Å². The maximum absolute atomic E-state index is 5.85. The van der Waals surface area contributed by atoms with Crippen molar-refractivity contribution in [3.63, 3.8) is 0 Å². The molecule has 2 heteroatoms. The van der Waals surface area contributed by atoms with Gasteiger partial charge in [0.25, 0.3) is 0 Å². The van der Waals surface area contributed by atoms with Crippen LogP contribution in [0.15, 0.2) is 0 Å². The van der Waals surface area contributed by atoms with Crippen molar-refractivity contribution in [2.75, 3.05) is 6.54 Å². The Hall–Kier alpha value is -0.0800. The van der Waals surface area contributed by atoms with Crippen molar-refractivity contribution in [3.8, 4) is 0 Å². The molecule has 1 aliphatic carbocycles. The molecule has 1 aliphatic heterocycles. The highest BCUT2D eigenvalue weighted by Crippen LogP contribution is 2.20. The third-order valence-corrected chi connectivity index (χ3v) is 4.06. The van der Waals surface area contributed by atoms with Crippen molar-refractivity contribution < 1.29 is 4.74 Å². The summed E-state index contributed by atoms with van der Waals surface area (Å²) in [5, 5.41) is 3.73. The first-order valence-corrected chi connectivity index (χ1v) is 7.23. The lowest BCUT2D eigenvalue weighted by Gasteiger charge is -2.23. The van der Waals surface area contributed by atoms with E-state index in [1.807, 2.05) is 0 Å². The fraction of sp³-hybridized carbons (Fsp3) is 1.00. The molecule has 2 fully saturated rings. The van der Waals surface area contributed by atoms with Crippen LogP contribution >= 0.6 is 0 Å². The third-order valence-electron chi connectivity index (χ3n) is 4.06. The molecule has 0 bridgehead atoms. The van der Waals surface area contributed by atoms with E-state index >= 15 is 0 Å². The van der Waals surface area contributed by atoms with Gasteiger partial charge in [-0.05, 0) is 32.6 Å². The number of hydrogen-bond acceptors (Lipinski definition) is 2. The summed E-state index contributed by atoms with van der Waals surface area (Å²) in [6, 6.07) is 0.764. The van der Waals surface area contributed by atoms with E-state index in [1.54, 1.807) is 0 Å². The van der Waals surface area contributed by atoms with Crippen molar-refractivity contribution in [2.24, 2.45) is 0 Å². The Bertz CT molecular complexity index is 187. The smallest absolute Gasteiger partial charge is 0.0704 e. The van der Waals surface area contributed by atoms with Crippen LogP contribution in [-0.4, -0.2) is 24.8 Å². The van der Waals surface area contributed by atoms with E-state index in [1.165, 1.54) is 57.8 Å². The highest BCUT2D eigenvalue weighted by molar-refractivity contribution is 4.76. The lowest BCUT2D eigenvalue weighted by molar-refractivity contribution is 0.0537. The van der Waals surface area contributed by atoms with Gasteiger partial charge < -0.3 is 10.1 Å². The Kier molecular flexibility index (Phi) is 5.11. The van der Waals surface area contributed by atoms with Crippen LogP contribution in [0, 0.1) is 0 Å². The van der Waals surface area contributed by atoms with Crippen LogP contribution < -0.4 is 5.32 Å². The Balaban J connectivity index is 1.63. The number of rotatable bonds is 3. The number of hydrogen-bond donors (Lipinski definition) is 1. The standard InChI is InChI=1S/C14H27NO/c1-12-9-10-14(16-12)11-15-13-7-5-3-2-4-6-8-13/h12-15H,2-11H2,1H3. The molecule has 2 rings (SSSR count). The van der Waals surface area contributed by atoms with Gasteiger partial charge in [0.1, 0.15) is 0 Å². The summed E-state index contributed by atoms with van der Waals surface area (Å²) in [5.41, 5.74) is 0. The number of nitrogens with one attached hydrogen (secondary N) is 1. The predicted molar refractivity (Wildman–Crippen MR) is 67.7 cm³/mol. The molecule has 1 saturated heterocycles. The Morgan fingerprint density at radius 2 is 1.62 bits per heavy atom. The SMILES string of the molecule is CC1CCC(CNC2CCCCCCC2)O1. The second kappa shape index (κ2) is 6.61. The summed E-state index contributed by atoms with van der Waals surface area (Å²) in [7, 11) is 0. The predicted octanol–water partition coefficient (Wildman–Crippen LogP) is 3.26. The fourth-order valence-electron chi connectivity index (χ4n) is 2.99. The highest BCUT2D eigenvalue weighted by atomic mass is 16.5. The average molecular weight is 225 g/mol. The largest absolute Gasteiger partial charge is 0.374 e. The van der Waals surface area contributed by atoms with E-state index in [-0.39, 0.29) is 0 Å². The molecule has 0 radical (unpaired) electrons. The summed E-state index contributed by atoms with van der Waals surface area (Å²) >= 11 is 0. The molecule has 2 aliphatic rings. The zero-order valence-electron chi connectivity index (χ0n) is 10.7. The Morgan fingerprint density at radius 1 is 0.938 bits per heavy atom. The van der Waals surface area contributed by atoms with Crippen LogP contribution in [-0.2, 0) is 4.74 Å². The monoisotopic (exact) mass is 225 g/mol. The minimum absolute atomic E-state index is 0.487. The van der Waals surface area contributed by atoms with Crippen molar-refractivity contribution in [1.82, 2.24) is 5.32 Å². The van der Waals surface area contributed by atoms with E-state index in [9.17, 15) is 0 Å². The summed E-state index contributed by atoms with van der Waals surface area (Å²) < 4.78 is 5.85. The van der Waals surface area contributed by atoms with Gasteiger partial charge in [0, 0.05) is 12.6 Å². The minimum atomic E-state index is 0.487. The molecule has 0 aromatic rings. The van der Waals surface area contributed by atoms with Crippen LogP contribution in [0.25, 0.3) is 0 Å². The topological polar surface area (TPSA) is 21.3 Å². The summed E-state index contributed by atoms with van der Waals surface area (Å²) in [5.74, 6) is 0. The van der Waals surface area contributed by atoms with Gasteiger partial charge in [-0.3, -0.25) is 0 Å². The molecule has 1 heterocycles. The average Bonchev–Trinajstić information content (AvgIpc) is 2.63. The van der Waals surface area contributed by atoms with Gasteiger partial charge in [-0.15, -0.1) is 0 Å². The maximum Gasteiger partial charge on any atom is 0.0704 e. The van der Waals surface area contributed by atoms with Crippen molar-refractivity contribution in [2.45, 2.75) is 83.0 Å². The van der Waals surface area contributed by atoms with Crippen LogP contribution in [0.3, 0.4) is 0 Å². The molecular weight excluding hydrogens is 198 g/mol. The molecular formula is C14H27NO. The van der Waals surface area contributed by atoms with E-state index in [2.05, 4.69) is 12.2 Å². The second-order valence-corrected chi connectivity index (χ2v) is 5.60. The molecule has 2 atom stereocenters. The van der Waals surface area contributed by atoms with Gasteiger partial charge in [0.2, 0.25) is 0 Å². The van der Waals surface area contributed by atoms with Crippen LogP contribution in [0.1, 0.15) is 64.7 Å². The highest BCUT2D eigenvalue weighted by Gasteiger charge is 2.22. The van der Waals surface area contributed by atoms with Crippen LogP contribution in [0.4, 0.5) is 0 Å². The molecule has 0 amide bonds. The van der Waals surface area contributed by atoms with Gasteiger partial charge in [-0.1, -0.05) is 32.1 Å². The molecule has 1 N–H and O–H groups in total. The Labute approximate surface area is 100 Å². The molecule has 0 spiro atoms. The molecule has 2 nitrogen and oxygen atoms in total. The molecule has 16 heavy (non-hydrogen) atoms. The molecule has 2 unspecified atom stereocenters. The first-order chi connectivity index (χ1) is 7.84. The summed E-state index contributed by atoms with van der Waals surface area (Å²) in [4.78, 5) is 0. The first-order valence-electron chi connectivity index (χ1n) is 7.23. The van der Waals surface area contributed by atoms with Crippen molar-refractivity contribution in [3.05, 3.63) is 0 Å². The van der Waals surface area contributed by atoms with Gasteiger partial charge >= 0.3 is 0 Å². The lowest BCUT2D eigenvalue weighted by Crippen LogP contribution is -2.36. The molecule has 0 aromatic heterocycles. The van der Waals surface area contributed by atoms with Crippen LogP contribution in [0.5, 0.6) is 0 Å². The van der Waals surface area contributed by atoms with Crippen molar-refractivity contribution in [1.29, 1.82) is 0 Å². The van der Waals surface area contributed by atoms with E-state index in [0.29, 0.717) is 12.2 Å². The first kappa shape index (κ1) is 12.4. The third kappa shape index (κ3) is 4.06. The zero-order chi connectivity index (χ0) is 11.2. The quantitative estimate of drug-likeness (QED) is 0.796. The number of ether oxygens (including phenoxy) is 1. The maximum atomic E-state index is 5.85. The molecule has 0 aromatic carbocycles. The summed E-state index contributed by atoms with van der Waals surface area (Å²) in [6.07, 6.45) is 13.4. The van der Waals surface area contributed by atoms with E-state index in [0.717, 1.165) is 12.6 Å².